The second-order valence-corrected chi connectivity index (χ2v) is 9.12. The van der Waals surface area contributed by atoms with Crippen LogP contribution in [0.5, 0.6) is 5.75 Å². The van der Waals surface area contributed by atoms with Crippen LogP contribution >= 0.6 is 0 Å². The van der Waals surface area contributed by atoms with E-state index < -0.39 is 10.0 Å². The van der Waals surface area contributed by atoms with Crippen molar-refractivity contribution in [3.63, 3.8) is 0 Å². The van der Waals surface area contributed by atoms with Gasteiger partial charge < -0.3 is 9.15 Å². The number of fused-ring (bicyclic) bond motifs is 1. The van der Waals surface area contributed by atoms with Crippen LogP contribution in [0.25, 0.3) is 11.0 Å². The number of sulfonamides is 1. The molecule has 3 aromatic rings. The Bertz CT molecular complexity index is 1030. The summed E-state index contributed by atoms with van der Waals surface area (Å²) in [7, 11) is -0.315. The van der Waals surface area contributed by atoms with Crippen molar-refractivity contribution in [3.8, 4) is 5.75 Å². The Hall–Kier alpha value is -2.35. The summed E-state index contributed by atoms with van der Waals surface area (Å²) in [5.41, 5.74) is 0.882. The van der Waals surface area contributed by atoms with Gasteiger partial charge in [0, 0.05) is 31.6 Å². The zero-order valence-electron chi connectivity index (χ0n) is 16.0. The van der Waals surface area contributed by atoms with E-state index in [0.29, 0.717) is 18.8 Å². The van der Waals surface area contributed by atoms with E-state index in [1.807, 2.05) is 24.3 Å². The number of rotatable bonds is 6. The number of furan rings is 1. The zero-order valence-corrected chi connectivity index (χ0v) is 16.9. The number of likely N-dealkylation sites (tertiary alicyclic amines) is 1. The van der Waals surface area contributed by atoms with Crippen molar-refractivity contribution < 1.29 is 17.6 Å². The van der Waals surface area contributed by atoms with Crippen LogP contribution in [0.3, 0.4) is 0 Å². The monoisotopic (exact) mass is 400 g/mol. The lowest BCUT2D eigenvalue weighted by Crippen LogP contribution is -2.38. The fraction of sp³-hybridized carbons (Fsp3) is 0.333. The van der Waals surface area contributed by atoms with Crippen molar-refractivity contribution in [2.24, 2.45) is 0 Å². The average Bonchev–Trinajstić information content (AvgIpc) is 3.34. The molecule has 0 spiro atoms. The van der Waals surface area contributed by atoms with E-state index in [1.165, 1.54) is 4.31 Å². The molecule has 1 aromatic heterocycles. The Morgan fingerprint density at radius 1 is 1.18 bits per heavy atom. The maximum atomic E-state index is 12.9. The normalized spacial score (nSPS) is 18.2. The molecular formula is C21H24N2O4S. The number of para-hydroxylation sites is 1. The highest BCUT2D eigenvalue weighted by atomic mass is 32.2. The molecule has 0 amide bonds. The summed E-state index contributed by atoms with van der Waals surface area (Å²) in [5, 5.41) is 1.09. The van der Waals surface area contributed by atoms with Gasteiger partial charge in [0.1, 0.15) is 17.1 Å². The summed E-state index contributed by atoms with van der Waals surface area (Å²) < 4.78 is 38.4. The second kappa shape index (κ2) is 7.58. The van der Waals surface area contributed by atoms with Crippen molar-refractivity contribution >= 4 is 21.0 Å². The van der Waals surface area contributed by atoms with E-state index in [1.54, 1.807) is 38.4 Å². The minimum Gasteiger partial charge on any atom is -0.497 e. The lowest BCUT2D eigenvalue weighted by atomic mass is 10.2. The number of hydrogen-bond donors (Lipinski definition) is 0. The van der Waals surface area contributed by atoms with Gasteiger partial charge in [0.05, 0.1) is 18.6 Å². The second-order valence-electron chi connectivity index (χ2n) is 7.12. The van der Waals surface area contributed by atoms with E-state index in [-0.39, 0.29) is 10.9 Å². The maximum absolute atomic E-state index is 12.9. The van der Waals surface area contributed by atoms with Gasteiger partial charge in [-0.05, 0) is 42.8 Å². The van der Waals surface area contributed by atoms with E-state index in [2.05, 4.69) is 11.0 Å². The molecule has 7 heteroatoms. The summed E-state index contributed by atoms with van der Waals surface area (Å²) in [6, 6.07) is 16.5. The molecule has 0 bridgehead atoms. The lowest BCUT2D eigenvalue weighted by molar-refractivity contribution is 0.278. The van der Waals surface area contributed by atoms with Crippen LogP contribution in [0, 0.1) is 0 Å². The third-order valence-electron chi connectivity index (χ3n) is 5.35. The molecule has 0 radical (unpaired) electrons. The predicted octanol–water partition coefficient (Wildman–Crippen LogP) is 3.34. The van der Waals surface area contributed by atoms with Crippen LogP contribution in [0.1, 0.15) is 12.2 Å². The molecule has 0 saturated carbocycles. The standard InChI is InChI=1S/C21H24N2O4S/c1-22(28(24,25)20-9-7-18(26-2)8-10-20)17-11-12-23(14-17)15-19-13-16-5-3-4-6-21(16)27-19/h3-10,13,17H,11-12,14-15H2,1-2H3. The minimum absolute atomic E-state index is 0.0588. The first-order valence-corrected chi connectivity index (χ1v) is 10.7. The summed E-state index contributed by atoms with van der Waals surface area (Å²) in [5.74, 6) is 1.54. The van der Waals surface area contributed by atoms with Gasteiger partial charge in [-0.15, -0.1) is 0 Å². The molecular weight excluding hydrogens is 376 g/mol. The van der Waals surface area contributed by atoms with Gasteiger partial charge in [-0.2, -0.15) is 4.31 Å². The Labute approximate surface area is 165 Å². The molecule has 4 rings (SSSR count). The molecule has 2 heterocycles. The smallest absolute Gasteiger partial charge is 0.243 e. The van der Waals surface area contributed by atoms with Crippen molar-refractivity contribution in [1.82, 2.24) is 9.21 Å². The van der Waals surface area contributed by atoms with Crippen LogP contribution in [-0.2, 0) is 16.6 Å². The molecule has 1 atom stereocenters. The number of hydrogen-bond acceptors (Lipinski definition) is 5. The van der Waals surface area contributed by atoms with E-state index >= 15 is 0 Å². The number of likely N-dealkylation sites (N-methyl/N-ethyl adjacent to an activating group) is 1. The first-order chi connectivity index (χ1) is 13.5. The zero-order chi connectivity index (χ0) is 19.7. The van der Waals surface area contributed by atoms with Crippen molar-refractivity contribution in [1.29, 1.82) is 0 Å². The average molecular weight is 401 g/mol. The van der Waals surface area contributed by atoms with Gasteiger partial charge >= 0.3 is 0 Å². The summed E-state index contributed by atoms with van der Waals surface area (Å²) >= 11 is 0. The largest absolute Gasteiger partial charge is 0.497 e. The Morgan fingerprint density at radius 2 is 1.93 bits per heavy atom. The maximum Gasteiger partial charge on any atom is 0.243 e. The third kappa shape index (κ3) is 3.65. The minimum atomic E-state index is -3.54. The van der Waals surface area contributed by atoms with Gasteiger partial charge in [-0.1, -0.05) is 18.2 Å². The van der Waals surface area contributed by atoms with E-state index in [9.17, 15) is 8.42 Å². The fourth-order valence-corrected chi connectivity index (χ4v) is 5.08. The highest BCUT2D eigenvalue weighted by molar-refractivity contribution is 7.89. The number of ether oxygens (including phenoxy) is 1. The SMILES string of the molecule is COc1ccc(S(=O)(=O)N(C)C2CCN(Cc3cc4ccccc4o3)C2)cc1. The number of benzene rings is 2. The fourth-order valence-electron chi connectivity index (χ4n) is 3.70. The molecule has 1 aliphatic rings. The van der Waals surface area contributed by atoms with Crippen LogP contribution in [0.2, 0.25) is 0 Å². The lowest BCUT2D eigenvalue weighted by Gasteiger charge is -2.24. The molecule has 28 heavy (non-hydrogen) atoms. The molecule has 0 aliphatic carbocycles. The molecule has 1 unspecified atom stereocenters. The topological polar surface area (TPSA) is 63.0 Å². The first kappa shape index (κ1) is 19.0. The molecule has 148 valence electrons. The van der Waals surface area contributed by atoms with Crippen LogP contribution in [0.15, 0.2) is 63.9 Å². The predicted molar refractivity (Wildman–Crippen MR) is 108 cm³/mol. The third-order valence-corrected chi connectivity index (χ3v) is 7.28. The van der Waals surface area contributed by atoms with Gasteiger partial charge in [0.25, 0.3) is 0 Å². The Kier molecular flexibility index (Phi) is 5.14. The van der Waals surface area contributed by atoms with Crippen molar-refractivity contribution in [3.05, 3.63) is 60.4 Å². The molecule has 1 saturated heterocycles. The van der Waals surface area contributed by atoms with Crippen LogP contribution in [0.4, 0.5) is 0 Å². The quantitative estimate of drug-likeness (QED) is 0.635. The molecule has 0 N–H and O–H groups in total. The van der Waals surface area contributed by atoms with Crippen molar-refractivity contribution in [2.75, 3.05) is 27.2 Å². The van der Waals surface area contributed by atoms with Crippen LogP contribution in [-0.4, -0.2) is 50.9 Å². The van der Waals surface area contributed by atoms with E-state index in [4.69, 9.17) is 9.15 Å². The summed E-state index contributed by atoms with van der Waals surface area (Å²) in [6.07, 6.45) is 0.798. The van der Waals surface area contributed by atoms with E-state index in [0.717, 1.165) is 29.7 Å². The van der Waals surface area contributed by atoms with Crippen molar-refractivity contribution in [2.45, 2.75) is 23.9 Å². The number of methoxy groups -OCH3 is 1. The van der Waals surface area contributed by atoms with Gasteiger partial charge in [0.15, 0.2) is 0 Å². The summed E-state index contributed by atoms with van der Waals surface area (Å²) in [6.45, 7) is 2.20. The van der Waals surface area contributed by atoms with Gasteiger partial charge in [-0.25, -0.2) is 8.42 Å². The highest BCUT2D eigenvalue weighted by Crippen LogP contribution is 2.26. The molecule has 6 nitrogen and oxygen atoms in total. The molecule has 1 fully saturated rings. The van der Waals surface area contributed by atoms with Gasteiger partial charge in [-0.3, -0.25) is 4.90 Å². The Balaban J connectivity index is 1.43. The summed E-state index contributed by atoms with van der Waals surface area (Å²) in [4.78, 5) is 2.52. The highest BCUT2D eigenvalue weighted by Gasteiger charge is 2.33. The molecule has 1 aliphatic heterocycles. The van der Waals surface area contributed by atoms with Crippen LogP contribution < -0.4 is 4.74 Å². The Morgan fingerprint density at radius 3 is 2.64 bits per heavy atom. The molecule has 2 aromatic carbocycles. The number of nitrogens with zero attached hydrogens (tertiary/aromatic N) is 2. The van der Waals surface area contributed by atoms with Gasteiger partial charge in [0.2, 0.25) is 10.0 Å². The first-order valence-electron chi connectivity index (χ1n) is 9.29.